The number of amides is 1. The molecule has 0 spiro atoms. The lowest BCUT2D eigenvalue weighted by atomic mass is 10.0. The Hall–Kier alpha value is -1.55. The van der Waals surface area contributed by atoms with Crippen LogP contribution >= 0.6 is 0 Å². The SMILES string of the molecule is CCC=C(C)C(=O)NCC(C)(O)c1ccco1. The van der Waals surface area contributed by atoms with Gasteiger partial charge in [-0.25, -0.2) is 0 Å². The van der Waals surface area contributed by atoms with Crippen LogP contribution in [0, 0.1) is 0 Å². The van der Waals surface area contributed by atoms with E-state index in [1.54, 1.807) is 26.0 Å². The second-order valence-corrected chi connectivity index (χ2v) is 4.23. The second-order valence-electron chi connectivity index (χ2n) is 4.23. The molecule has 4 nitrogen and oxygen atoms in total. The van der Waals surface area contributed by atoms with Gasteiger partial charge in [0, 0.05) is 5.57 Å². The van der Waals surface area contributed by atoms with Gasteiger partial charge in [0.25, 0.3) is 0 Å². The number of hydrogen-bond acceptors (Lipinski definition) is 3. The van der Waals surface area contributed by atoms with Gasteiger partial charge in [-0.3, -0.25) is 4.79 Å². The van der Waals surface area contributed by atoms with Gasteiger partial charge in [0.05, 0.1) is 12.8 Å². The molecule has 1 unspecified atom stereocenters. The molecule has 1 heterocycles. The van der Waals surface area contributed by atoms with Crippen molar-refractivity contribution in [2.45, 2.75) is 32.8 Å². The summed E-state index contributed by atoms with van der Waals surface area (Å²) in [5.41, 5.74) is -0.534. The van der Waals surface area contributed by atoms with E-state index in [2.05, 4.69) is 5.32 Å². The smallest absolute Gasteiger partial charge is 0.246 e. The van der Waals surface area contributed by atoms with E-state index in [0.717, 1.165) is 6.42 Å². The van der Waals surface area contributed by atoms with Gasteiger partial charge >= 0.3 is 0 Å². The van der Waals surface area contributed by atoms with Crippen molar-refractivity contribution in [2.75, 3.05) is 6.54 Å². The maximum atomic E-state index is 11.6. The molecule has 4 heteroatoms. The third-order valence-corrected chi connectivity index (χ3v) is 2.51. The Kier molecular flexibility index (Phi) is 4.52. The summed E-state index contributed by atoms with van der Waals surface area (Å²) in [6, 6.07) is 3.38. The van der Waals surface area contributed by atoms with Crippen LogP contribution in [0.1, 0.15) is 33.0 Å². The minimum absolute atomic E-state index is 0.119. The molecule has 2 N–H and O–H groups in total. The average molecular weight is 237 g/mol. The zero-order valence-electron chi connectivity index (χ0n) is 10.5. The van der Waals surface area contributed by atoms with E-state index >= 15 is 0 Å². The molecule has 0 aliphatic carbocycles. The molecule has 0 saturated carbocycles. The first-order valence-corrected chi connectivity index (χ1v) is 5.68. The summed E-state index contributed by atoms with van der Waals surface area (Å²) in [4.78, 5) is 11.6. The highest BCUT2D eigenvalue weighted by molar-refractivity contribution is 5.92. The lowest BCUT2D eigenvalue weighted by Crippen LogP contribution is -2.38. The van der Waals surface area contributed by atoms with Crippen LogP contribution in [0.15, 0.2) is 34.5 Å². The lowest BCUT2D eigenvalue weighted by molar-refractivity contribution is -0.118. The van der Waals surface area contributed by atoms with Crippen molar-refractivity contribution < 1.29 is 14.3 Å². The van der Waals surface area contributed by atoms with Crippen molar-refractivity contribution >= 4 is 5.91 Å². The predicted molar refractivity (Wildman–Crippen MR) is 65.3 cm³/mol. The van der Waals surface area contributed by atoms with Crippen molar-refractivity contribution in [1.29, 1.82) is 0 Å². The highest BCUT2D eigenvalue weighted by atomic mass is 16.4. The molecule has 0 radical (unpaired) electrons. The number of hydrogen-bond donors (Lipinski definition) is 2. The Morgan fingerprint density at radius 3 is 2.88 bits per heavy atom. The molecule has 0 fully saturated rings. The summed E-state index contributed by atoms with van der Waals surface area (Å²) < 4.78 is 5.12. The van der Waals surface area contributed by atoms with Crippen LogP contribution in [0.2, 0.25) is 0 Å². The number of aliphatic hydroxyl groups is 1. The summed E-state index contributed by atoms with van der Waals surface area (Å²) >= 11 is 0. The summed E-state index contributed by atoms with van der Waals surface area (Å²) in [5, 5.41) is 12.8. The number of allylic oxidation sites excluding steroid dienone is 1. The van der Waals surface area contributed by atoms with Crippen molar-refractivity contribution in [1.82, 2.24) is 5.32 Å². The average Bonchev–Trinajstić information content (AvgIpc) is 2.80. The Labute approximate surface area is 101 Å². The summed E-state index contributed by atoms with van der Waals surface area (Å²) in [6.45, 7) is 5.44. The quantitative estimate of drug-likeness (QED) is 0.769. The van der Waals surface area contributed by atoms with Crippen LogP contribution in [-0.4, -0.2) is 17.6 Å². The van der Waals surface area contributed by atoms with Gasteiger partial charge in [-0.2, -0.15) is 0 Å². The fraction of sp³-hybridized carbons (Fsp3) is 0.462. The monoisotopic (exact) mass is 237 g/mol. The standard InChI is InChI=1S/C13H19NO3/c1-4-6-10(2)12(15)14-9-13(3,16)11-7-5-8-17-11/h5-8,16H,4,9H2,1-3H3,(H,14,15). The second kappa shape index (κ2) is 5.68. The molecule has 0 bridgehead atoms. The van der Waals surface area contributed by atoms with E-state index in [0.29, 0.717) is 11.3 Å². The molecule has 0 saturated heterocycles. The Morgan fingerprint density at radius 2 is 2.35 bits per heavy atom. The molecule has 1 amide bonds. The topological polar surface area (TPSA) is 62.5 Å². The largest absolute Gasteiger partial charge is 0.466 e. The molecule has 1 rings (SSSR count). The zero-order valence-corrected chi connectivity index (χ0v) is 10.5. The number of carbonyl (C=O) groups is 1. The molecule has 1 aromatic rings. The minimum Gasteiger partial charge on any atom is -0.466 e. The molecular formula is C13H19NO3. The maximum absolute atomic E-state index is 11.6. The number of carbonyl (C=O) groups excluding carboxylic acids is 1. The lowest BCUT2D eigenvalue weighted by Gasteiger charge is -2.21. The van der Waals surface area contributed by atoms with Gasteiger partial charge in [-0.15, -0.1) is 0 Å². The number of rotatable bonds is 5. The maximum Gasteiger partial charge on any atom is 0.246 e. The summed E-state index contributed by atoms with van der Waals surface area (Å²) in [6.07, 6.45) is 4.15. The molecule has 1 atom stereocenters. The number of nitrogens with one attached hydrogen (secondary N) is 1. The Balaban J connectivity index is 2.56. The molecule has 17 heavy (non-hydrogen) atoms. The third-order valence-electron chi connectivity index (χ3n) is 2.51. The molecule has 94 valence electrons. The van der Waals surface area contributed by atoms with Crippen LogP contribution in [0.25, 0.3) is 0 Å². The summed E-state index contributed by atoms with van der Waals surface area (Å²) in [5.74, 6) is 0.272. The molecule has 1 aromatic heterocycles. The first-order chi connectivity index (χ1) is 7.97. The van der Waals surface area contributed by atoms with Crippen LogP contribution in [0.3, 0.4) is 0 Å². The van der Waals surface area contributed by atoms with Gasteiger partial charge in [0.1, 0.15) is 11.4 Å². The molecule has 0 aliphatic rings. The highest BCUT2D eigenvalue weighted by Crippen LogP contribution is 2.19. The highest BCUT2D eigenvalue weighted by Gasteiger charge is 2.26. The van der Waals surface area contributed by atoms with Crippen molar-refractivity contribution in [3.8, 4) is 0 Å². The third kappa shape index (κ3) is 3.75. The van der Waals surface area contributed by atoms with E-state index in [1.165, 1.54) is 6.26 Å². The fourth-order valence-corrected chi connectivity index (χ4v) is 1.46. The van der Waals surface area contributed by atoms with E-state index in [9.17, 15) is 9.90 Å². The van der Waals surface area contributed by atoms with Crippen molar-refractivity contribution in [3.05, 3.63) is 35.8 Å². The first-order valence-electron chi connectivity index (χ1n) is 5.68. The van der Waals surface area contributed by atoms with Gasteiger partial charge in [-0.05, 0) is 32.4 Å². The van der Waals surface area contributed by atoms with E-state index in [1.807, 2.05) is 13.0 Å². The van der Waals surface area contributed by atoms with Crippen LogP contribution < -0.4 is 5.32 Å². The minimum atomic E-state index is -1.19. The van der Waals surface area contributed by atoms with Gasteiger partial charge in [-0.1, -0.05) is 13.0 Å². The van der Waals surface area contributed by atoms with Crippen LogP contribution in [0.5, 0.6) is 0 Å². The van der Waals surface area contributed by atoms with Gasteiger partial charge in [0.15, 0.2) is 0 Å². The fourth-order valence-electron chi connectivity index (χ4n) is 1.46. The first kappa shape index (κ1) is 13.5. The zero-order chi connectivity index (χ0) is 12.9. The number of furan rings is 1. The van der Waals surface area contributed by atoms with Gasteiger partial charge < -0.3 is 14.8 Å². The van der Waals surface area contributed by atoms with Crippen molar-refractivity contribution in [2.24, 2.45) is 0 Å². The van der Waals surface area contributed by atoms with Gasteiger partial charge in [0.2, 0.25) is 5.91 Å². The summed E-state index contributed by atoms with van der Waals surface area (Å²) in [7, 11) is 0. The van der Waals surface area contributed by atoms with E-state index in [4.69, 9.17) is 4.42 Å². The van der Waals surface area contributed by atoms with Crippen LogP contribution in [-0.2, 0) is 10.4 Å². The normalized spacial score (nSPS) is 15.4. The Bertz CT molecular complexity index is 391. The molecule has 0 aliphatic heterocycles. The Morgan fingerprint density at radius 1 is 1.65 bits per heavy atom. The van der Waals surface area contributed by atoms with E-state index in [-0.39, 0.29) is 12.5 Å². The van der Waals surface area contributed by atoms with Crippen LogP contribution in [0.4, 0.5) is 0 Å². The van der Waals surface area contributed by atoms with Crippen molar-refractivity contribution in [3.63, 3.8) is 0 Å². The van der Waals surface area contributed by atoms with E-state index < -0.39 is 5.60 Å². The molecule has 0 aromatic carbocycles. The predicted octanol–water partition coefficient (Wildman–Crippen LogP) is 1.96. The molecular weight excluding hydrogens is 218 g/mol.